The van der Waals surface area contributed by atoms with Crippen molar-refractivity contribution in [3.05, 3.63) is 35.0 Å². The van der Waals surface area contributed by atoms with Crippen LogP contribution in [0.4, 0.5) is 5.00 Å². The number of carboxylic acid groups (broad SMARTS) is 1. The van der Waals surface area contributed by atoms with Gasteiger partial charge < -0.3 is 15.4 Å². The van der Waals surface area contributed by atoms with E-state index in [1.807, 2.05) is 0 Å². The van der Waals surface area contributed by atoms with Crippen molar-refractivity contribution in [2.45, 2.75) is 4.90 Å². The Bertz CT molecular complexity index is 819. The molecule has 0 unspecified atom stereocenters. The summed E-state index contributed by atoms with van der Waals surface area (Å²) < 4.78 is 27.9. The van der Waals surface area contributed by atoms with E-state index in [1.54, 1.807) is 0 Å². The van der Waals surface area contributed by atoms with Crippen molar-refractivity contribution in [3.8, 4) is 0 Å². The number of nitrogens with zero attached hydrogens (tertiary/aromatic N) is 1. The molecule has 112 valence electrons. The molecule has 8 nitrogen and oxygen atoms in total. The number of aromatic nitrogens is 1. The van der Waals surface area contributed by atoms with E-state index in [9.17, 15) is 18.0 Å². The van der Waals surface area contributed by atoms with Crippen LogP contribution < -0.4 is 10.5 Å². The monoisotopic (exact) mass is 329 g/mol. The summed E-state index contributed by atoms with van der Waals surface area (Å²) in [6.45, 7) is 0. The first kappa shape index (κ1) is 15.1. The number of carbonyl (C=O) groups excluding carboxylic acids is 1. The van der Waals surface area contributed by atoms with Gasteiger partial charge in [-0.3, -0.25) is 9.52 Å². The number of carbonyl (C=O) groups is 2. The van der Waals surface area contributed by atoms with Crippen molar-refractivity contribution in [1.29, 1.82) is 0 Å². The first-order valence-electron chi connectivity index (χ1n) is 5.53. The standard InChI is InChI=1S/C11H11N3O5S2/c1-14-5-6(4-7(14)10(12)15)21(18,19)13-9-3-2-8(20-9)11(16)17/h2-5,13H,1H3,(H2,12,15)(H,16,17). The Morgan fingerprint density at radius 2 is 2.05 bits per heavy atom. The van der Waals surface area contributed by atoms with E-state index in [0.29, 0.717) is 0 Å². The lowest BCUT2D eigenvalue weighted by Gasteiger charge is -2.02. The molecule has 2 heterocycles. The molecule has 0 radical (unpaired) electrons. The fraction of sp³-hybridized carbons (Fsp3) is 0.0909. The number of thiophene rings is 1. The number of carboxylic acids is 1. The van der Waals surface area contributed by atoms with E-state index >= 15 is 0 Å². The van der Waals surface area contributed by atoms with Gasteiger partial charge in [-0.05, 0) is 18.2 Å². The van der Waals surface area contributed by atoms with Gasteiger partial charge in [0.2, 0.25) is 0 Å². The molecule has 21 heavy (non-hydrogen) atoms. The SMILES string of the molecule is Cn1cc(S(=O)(=O)Nc2ccc(C(=O)O)s2)cc1C(N)=O. The number of rotatable bonds is 5. The summed E-state index contributed by atoms with van der Waals surface area (Å²) in [6, 6.07) is 3.80. The molecular formula is C11H11N3O5S2. The predicted octanol–water partition coefficient (Wildman–Crippen LogP) is 0.685. The van der Waals surface area contributed by atoms with E-state index in [-0.39, 0.29) is 20.5 Å². The predicted molar refractivity (Wildman–Crippen MR) is 76.0 cm³/mol. The second kappa shape index (κ2) is 5.22. The van der Waals surface area contributed by atoms with E-state index in [4.69, 9.17) is 10.8 Å². The van der Waals surface area contributed by atoms with Crippen molar-refractivity contribution >= 4 is 38.2 Å². The zero-order chi connectivity index (χ0) is 15.8. The molecule has 0 saturated heterocycles. The molecule has 0 bridgehead atoms. The van der Waals surface area contributed by atoms with Gasteiger partial charge >= 0.3 is 5.97 Å². The molecule has 1 amide bonds. The fourth-order valence-electron chi connectivity index (χ4n) is 1.63. The molecule has 0 saturated carbocycles. The van der Waals surface area contributed by atoms with Gasteiger partial charge in [-0.2, -0.15) is 0 Å². The van der Waals surface area contributed by atoms with Crippen LogP contribution in [0.3, 0.4) is 0 Å². The fourth-order valence-corrected chi connectivity index (χ4v) is 3.73. The maximum absolute atomic E-state index is 12.2. The number of hydrogen-bond acceptors (Lipinski definition) is 5. The average molecular weight is 329 g/mol. The van der Waals surface area contributed by atoms with Gasteiger partial charge in [0, 0.05) is 13.2 Å². The van der Waals surface area contributed by atoms with Crippen LogP contribution in [0, 0.1) is 0 Å². The first-order chi connectivity index (χ1) is 9.70. The van der Waals surface area contributed by atoms with Crippen LogP contribution in [0.15, 0.2) is 29.3 Å². The van der Waals surface area contributed by atoms with Crippen LogP contribution >= 0.6 is 11.3 Å². The van der Waals surface area contributed by atoms with Crippen LogP contribution in [0.2, 0.25) is 0 Å². The topological polar surface area (TPSA) is 131 Å². The maximum atomic E-state index is 12.2. The van der Waals surface area contributed by atoms with Crippen LogP contribution in [-0.2, 0) is 17.1 Å². The molecular weight excluding hydrogens is 318 g/mol. The Morgan fingerprint density at radius 3 is 2.52 bits per heavy atom. The van der Waals surface area contributed by atoms with Crippen molar-refractivity contribution in [2.75, 3.05) is 4.72 Å². The highest BCUT2D eigenvalue weighted by atomic mass is 32.2. The number of hydrogen-bond donors (Lipinski definition) is 3. The van der Waals surface area contributed by atoms with Crippen molar-refractivity contribution in [1.82, 2.24) is 4.57 Å². The molecule has 2 aromatic rings. The summed E-state index contributed by atoms with van der Waals surface area (Å²) in [6.07, 6.45) is 1.24. The Hall–Kier alpha value is -2.33. The third-order valence-electron chi connectivity index (χ3n) is 2.59. The van der Waals surface area contributed by atoms with Crippen LogP contribution in [-0.4, -0.2) is 30.0 Å². The second-order valence-corrected chi connectivity index (χ2v) is 6.88. The van der Waals surface area contributed by atoms with Crippen LogP contribution in [0.5, 0.6) is 0 Å². The van der Waals surface area contributed by atoms with Gasteiger partial charge in [0.1, 0.15) is 20.5 Å². The summed E-state index contributed by atoms with van der Waals surface area (Å²) in [5.41, 5.74) is 5.17. The molecule has 2 rings (SSSR count). The van der Waals surface area contributed by atoms with E-state index < -0.39 is 21.9 Å². The smallest absolute Gasteiger partial charge is 0.345 e. The Labute approximate surface area is 123 Å². The lowest BCUT2D eigenvalue weighted by atomic mass is 10.4. The van der Waals surface area contributed by atoms with Gasteiger partial charge in [0.25, 0.3) is 15.9 Å². The largest absolute Gasteiger partial charge is 0.477 e. The molecule has 0 aromatic carbocycles. The number of aromatic carboxylic acids is 1. The third kappa shape index (κ3) is 3.06. The number of anilines is 1. The van der Waals surface area contributed by atoms with Crippen molar-refractivity contribution < 1.29 is 23.1 Å². The Balaban J connectivity index is 2.31. The maximum Gasteiger partial charge on any atom is 0.345 e. The normalized spacial score (nSPS) is 11.3. The Kier molecular flexibility index (Phi) is 3.75. The second-order valence-electron chi connectivity index (χ2n) is 4.11. The molecule has 0 aliphatic heterocycles. The zero-order valence-corrected chi connectivity index (χ0v) is 12.4. The molecule has 0 aliphatic carbocycles. The van der Waals surface area contributed by atoms with Gasteiger partial charge in [-0.15, -0.1) is 11.3 Å². The summed E-state index contributed by atoms with van der Waals surface area (Å²) in [7, 11) is -2.43. The zero-order valence-electron chi connectivity index (χ0n) is 10.7. The third-order valence-corrected chi connectivity index (χ3v) is 5.04. The average Bonchev–Trinajstić information content (AvgIpc) is 2.95. The van der Waals surface area contributed by atoms with Gasteiger partial charge in [0.15, 0.2) is 0 Å². The number of primary amides is 1. The minimum Gasteiger partial charge on any atom is -0.477 e. The summed E-state index contributed by atoms with van der Waals surface area (Å²) in [5, 5.41) is 8.96. The number of nitrogens with two attached hydrogens (primary N) is 1. The minimum atomic E-state index is -3.92. The highest BCUT2D eigenvalue weighted by Gasteiger charge is 2.20. The quantitative estimate of drug-likeness (QED) is 0.742. The number of aryl methyl sites for hydroxylation is 1. The molecule has 0 atom stereocenters. The highest BCUT2D eigenvalue weighted by molar-refractivity contribution is 7.93. The lowest BCUT2D eigenvalue weighted by molar-refractivity contribution is 0.0702. The van der Waals surface area contributed by atoms with Crippen LogP contribution in [0.25, 0.3) is 0 Å². The molecule has 4 N–H and O–H groups in total. The van der Waals surface area contributed by atoms with E-state index in [2.05, 4.69) is 4.72 Å². The van der Waals surface area contributed by atoms with Crippen LogP contribution in [0.1, 0.15) is 20.2 Å². The van der Waals surface area contributed by atoms with Gasteiger partial charge in [-0.25, -0.2) is 13.2 Å². The van der Waals surface area contributed by atoms with Crippen molar-refractivity contribution in [3.63, 3.8) is 0 Å². The summed E-state index contributed by atoms with van der Waals surface area (Å²) >= 11 is 0.792. The van der Waals surface area contributed by atoms with Gasteiger partial charge in [-0.1, -0.05) is 0 Å². The molecule has 10 heteroatoms. The molecule has 0 spiro atoms. The van der Waals surface area contributed by atoms with E-state index in [0.717, 1.165) is 17.4 Å². The Morgan fingerprint density at radius 1 is 1.38 bits per heavy atom. The lowest BCUT2D eigenvalue weighted by Crippen LogP contribution is -2.14. The molecule has 0 aliphatic rings. The number of sulfonamides is 1. The highest BCUT2D eigenvalue weighted by Crippen LogP contribution is 2.25. The number of nitrogens with one attached hydrogen (secondary N) is 1. The first-order valence-corrected chi connectivity index (χ1v) is 7.83. The van der Waals surface area contributed by atoms with Gasteiger partial charge in [0.05, 0.1) is 0 Å². The molecule has 0 fully saturated rings. The van der Waals surface area contributed by atoms with Crippen molar-refractivity contribution in [2.24, 2.45) is 12.8 Å². The minimum absolute atomic E-state index is 0.0126. The summed E-state index contributed by atoms with van der Waals surface area (Å²) in [4.78, 5) is 21.8. The summed E-state index contributed by atoms with van der Waals surface area (Å²) in [5.74, 6) is -1.88. The number of amides is 1. The van der Waals surface area contributed by atoms with E-state index in [1.165, 1.54) is 29.9 Å². The molecule has 2 aromatic heterocycles.